The van der Waals surface area contributed by atoms with Crippen LogP contribution in [-0.2, 0) is 13.2 Å². The molecule has 0 aliphatic heterocycles. The number of benzene rings is 2. The third-order valence-corrected chi connectivity index (χ3v) is 5.12. The highest BCUT2D eigenvalue weighted by atomic mass is 35.5. The fraction of sp³-hybridized carbons (Fsp3) is 0.455. The van der Waals surface area contributed by atoms with Gasteiger partial charge in [-0.05, 0) is 49.8 Å². The van der Waals surface area contributed by atoms with Crippen molar-refractivity contribution in [3.63, 3.8) is 0 Å². The number of nitrogens with one attached hydrogen (secondary N) is 1. The van der Waals surface area contributed by atoms with Gasteiger partial charge in [0.2, 0.25) is 0 Å². The molecule has 2 aromatic rings. The number of halogens is 4. The van der Waals surface area contributed by atoms with Crippen LogP contribution in [0.25, 0.3) is 0 Å². The Kier molecular flexibility index (Phi) is 15.4. The van der Waals surface area contributed by atoms with E-state index in [1.165, 1.54) is 5.56 Å². The second-order valence-corrected chi connectivity index (χ2v) is 7.29. The lowest BCUT2D eigenvalue weighted by molar-refractivity contribution is 0.269. The van der Waals surface area contributed by atoms with Gasteiger partial charge >= 0.3 is 0 Å². The maximum atomic E-state index is 6.23. The van der Waals surface area contributed by atoms with Crippen LogP contribution in [0, 0.1) is 0 Å². The molecule has 0 spiro atoms. The van der Waals surface area contributed by atoms with E-state index in [-0.39, 0.29) is 24.8 Å². The van der Waals surface area contributed by atoms with Crippen LogP contribution < -0.4 is 14.8 Å². The van der Waals surface area contributed by atoms with Crippen LogP contribution in [0.4, 0.5) is 0 Å². The molecule has 2 aromatic carbocycles. The van der Waals surface area contributed by atoms with E-state index in [1.807, 2.05) is 31.2 Å². The summed E-state index contributed by atoms with van der Waals surface area (Å²) < 4.78 is 11.7. The average molecular weight is 498 g/mol. The zero-order valence-electron chi connectivity index (χ0n) is 17.7. The first-order valence-electron chi connectivity index (χ1n) is 9.82. The SMILES string of the molecule is CCOc1cc(CNCCN(CC)CC)ccc1OCc1ccc(Cl)cc1Cl.Cl.Cl. The molecule has 0 radical (unpaired) electrons. The van der Waals surface area contributed by atoms with Crippen molar-refractivity contribution in [3.8, 4) is 11.5 Å². The highest BCUT2D eigenvalue weighted by molar-refractivity contribution is 6.35. The molecule has 0 saturated carbocycles. The number of ether oxygens (including phenoxy) is 2. The van der Waals surface area contributed by atoms with Crippen molar-refractivity contribution in [1.82, 2.24) is 10.2 Å². The lowest BCUT2D eigenvalue weighted by Gasteiger charge is -2.18. The molecule has 2 rings (SSSR count). The topological polar surface area (TPSA) is 33.7 Å². The maximum Gasteiger partial charge on any atom is 0.161 e. The van der Waals surface area contributed by atoms with Crippen molar-refractivity contribution in [3.05, 3.63) is 57.6 Å². The van der Waals surface area contributed by atoms with Gasteiger partial charge in [0.15, 0.2) is 11.5 Å². The van der Waals surface area contributed by atoms with E-state index in [1.54, 1.807) is 6.07 Å². The number of hydrogen-bond donors (Lipinski definition) is 1. The molecule has 0 aliphatic rings. The lowest BCUT2D eigenvalue weighted by atomic mass is 10.2. The van der Waals surface area contributed by atoms with Crippen LogP contribution in [0.5, 0.6) is 11.5 Å². The summed E-state index contributed by atoms with van der Waals surface area (Å²) in [5.41, 5.74) is 2.05. The van der Waals surface area contributed by atoms with Crippen molar-refractivity contribution in [2.24, 2.45) is 0 Å². The van der Waals surface area contributed by atoms with E-state index < -0.39 is 0 Å². The van der Waals surface area contributed by atoms with E-state index >= 15 is 0 Å². The predicted molar refractivity (Wildman–Crippen MR) is 132 cm³/mol. The standard InChI is InChI=1S/C22H30Cl2N2O2.2ClH/c1-4-26(5-2)12-11-25-15-17-7-10-21(22(13-17)27-6-3)28-16-18-8-9-19(23)14-20(18)24;;/h7-10,13-14,25H,4-6,11-12,15-16H2,1-3H3;2*1H. The van der Waals surface area contributed by atoms with Gasteiger partial charge in [-0.2, -0.15) is 0 Å². The molecule has 0 unspecified atom stereocenters. The van der Waals surface area contributed by atoms with Gasteiger partial charge in [0, 0.05) is 35.2 Å². The van der Waals surface area contributed by atoms with Crippen molar-refractivity contribution in [1.29, 1.82) is 0 Å². The summed E-state index contributed by atoms with van der Waals surface area (Å²) >= 11 is 12.2. The first-order chi connectivity index (χ1) is 13.6. The van der Waals surface area contributed by atoms with E-state index in [4.69, 9.17) is 32.7 Å². The van der Waals surface area contributed by atoms with Gasteiger partial charge < -0.3 is 19.7 Å². The molecule has 0 heterocycles. The van der Waals surface area contributed by atoms with Crippen molar-refractivity contribution in [2.75, 3.05) is 32.8 Å². The van der Waals surface area contributed by atoms with Gasteiger partial charge in [0.05, 0.1) is 6.61 Å². The van der Waals surface area contributed by atoms with Crippen molar-refractivity contribution >= 4 is 48.0 Å². The Hall–Kier alpha value is -0.880. The van der Waals surface area contributed by atoms with E-state index in [0.29, 0.717) is 29.0 Å². The maximum absolute atomic E-state index is 6.23. The molecule has 0 bridgehead atoms. The highest BCUT2D eigenvalue weighted by Crippen LogP contribution is 2.30. The number of hydrogen-bond acceptors (Lipinski definition) is 4. The first kappa shape index (κ1) is 29.1. The Balaban J connectivity index is 0.00000420. The Bertz CT molecular complexity index is 743. The van der Waals surface area contributed by atoms with Crippen LogP contribution >= 0.6 is 48.0 Å². The molecule has 0 atom stereocenters. The normalized spacial score (nSPS) is 10.3. The molecule has 0 aromatic heterocycles. The third kappa shape index (κ3) is 9.51. The number of likely N-dealkylation sites (N-methyl/N-ethyl adjacent to an activating group) is 1. The minimum absolute atomic E-state index is 0. The minimum atomic E-state index is 0. The molecular weight excluding hydrogens is 466 g/mol. The second-order valence-electron chi connectivity index (χ2n) is 6.44. The van der Waals surface area contributed by atoms with Gasteiger partial charge in [-0.1, -0.05) is 49.2 Å². The zero-order chi connectivity index (χ0) is 20.4. The molecule has 8 heteroatoms. The van der Waals surface area contributed by atoms with E-state index in [2.05, 4.69) is 30.1 Å². The van der Waals surface area contributed by atoms with Gasteiger partial charge in [-0.25, -0.2) is 0 Å². The van der Waals surface area contributed by atoms with Crippen molar-refractivity contribution in [2.45, 2.75) is 33.9 Å². The van der Waals surface area contributed by atoms with Crippen LogP contribution in [0.15, 0.2) is 36.4 Å². The average Bonchev–Trinajstić information content (AvgIpc) is 2.69. The largest absolute Gasteiger partial charge is 0.490 e. The minimum Gasteiger partial charge on any atom is -0.490 e. The Labute approximate surface area is 203 Å². The summed E-state index contributed by atoms with van der Waals surface area (Å²) in [5, 5.41) is 4.70. The summed E-state index contributed by atoms with van der Waals surface area (Å²) in [5.74, 6) is 1.45. The molecule has 0 fully saturated rings. The van der Waals surface area contributed by atoms with Gasteiger partial charge in [0.25, 0.3) is 0 Å². The monoisotopic (exact) mass is 496 g/mol. The van der Waals surface area contributed by atoms with Gasteiger partial charge in [-0.3, -0.25) is 0 Å². The van der Waals surface area contributed by atoms with Crippen LogP contribution in [0.3, 0.4) is 0 Å². The smallest absolute Gasteiger partial charge is 0.161 e. The van der Waals surface area contributed by atoms with Gasteiger partial charge in [0.1, 0.15) is 6.61 Å². The van der Waals surface area contributed by atoms with Crippen molar-refractivity contribution < 1.29 is 9.47 Å². The summed E-state index contributed by atoms with van der Waals surface area (Å²) in [6, 6.07) is 11.5. The van der Waals surface area contributed by atoms with Crippen LogP contribution in [0.2, 0.25) is 10.0 Å². The zero-order valence-corrected chi connectivity index (χ0v) is 20.9. The second kappa shape index (κ2) is 15.9. The summed E-state index contributed by atoms with van der Waals surface area (Å²) in [7, 11) is 0. The molecular formula is C22H32Cl4N2O2. The fourth-order valence-corrected chi connectivity index (χ4v) is 3.32. The molecule has 0 amide bonds. The Morgan fingerprint density at radius 1 is 0.900 bits per heavy atom. The molecule has 4 nitrogen and oxygen atoms in total. The van der Waals surface area contributed by atoms with Crippen LogP contribution in [-0.4, -0.2) is 37.7 Å². The predicted octanol–water partition coefficient (Wildman–Crippen LogP) is 6.25. The quantitative estimate of drug-likeness (QED) is 0.351. The number of rotatable bonds is 12. The van der Waals surface area contributed by atoms with Crippen LogP contribution in [0.1, 0.15) is 31.9 Å². The first-order valence-corrected chi connectivity index (χ1v) is 10.6. The molecule has 0 saturated heterocycles. The summed E-state index contributed by atoms with van der Waals surface area (Å²) in [4.78, 5) is 2.40. The molecule has 30 heavy (non-hydrogen) atoms. The lowest BCUT2D eigenvalue weighted by Crippen LogP contribution is -2.31. The summed E-state index contributed by atoms with van der Waals surface area (Å²) in [6.07, 6.45) is 0. The molecule has 170 valence electrons. The van der Waals surface area contributed by atoms with E-state index in [0.717, 1.165) is 44.0 Å². The Morgan fingerprint density at radius 3 is 2.27 bits per heavy atom. The third-order valence-electron chi connectivity index (χ3n) is 4.53. The fourth-order valence-electron chi connectivity index (χ4n) is 2.85. The highest BCUT2D eigenvalue weighted by Gasteiger charge is 2.09. The van der Waals surface area contributed by atoms with E-state index in [9.17, 15) is 0 Å². The summed E-state index contributed by atoms with van der Waals surface area (Å²) in [6.45, 7) is 12.2. The van der Waals surface area contributed by atoms with Gasteiger partial charge in [-0.15, -0.1) is 24.8 Å². The molecule has 1 N–H and O–H groups in total. The molecule has 0 aliphatic carbocycles. The number of nitrogens with zero attached hydrogens (tertiary/aromatic N) is 1. The Morgan fingerprint density at radius 2 is 1.63 bits per heavy atom.